The first-order valence-corrected chi connectivity index (χ1v) is 5.93. The number of rotatable bonds is 4. The second-order valence-electron chi connectivity index (χ2n) is 4.51. The summed E-state index contributed by atoms with van der Waals surface area (Å²) in [5.74, 6) is -1.27. The quantitative estimate of drug-likeness (QED) is 0.541. The van der Waals surface area contributed by atoms with Crippen molar-refractivity contribution in [3.05, 3.63) is 23.8 Å². The van der Waals surface area contributed by atoms with Crippen LogP contribution >= 0.6 is 0 Å². The molecule has 0 aromatic heterocycles. The van der Waals surface area contributed by atoms with Crippen molar-refractivity contribution < 1.29 is 14.7 Å². The third-order valence-corrected chi connectivity index (χ3v) is 2.51. The molecule has 0 bridgehead atoms. The molecule has 6 heteroatoms. The SMILES string of the molecule is Cc1cc(O)ccc1NC(=O)C(=O)NCCN(C)C. The Balaban J connectivity index is 2.52. The summed E-state index contributed by atoms with van der Waals surface area (Å²) in [5, 5.41) is 14.3. The van der Waals surface area contributed by atoms with Crippen molar-refractivity contribution in [3.8, 4) is 5.75 Å². The zero-order valence-electron chi connectivity index (χ0n) is 11.4. The predicted octanol–water partition coefficient (Wildman–Crippen LogP) is 0.317. The van der Waals surface area contributed by atoms with Gasteiger partial charge in [0, 0.05) is 18.8 Å². The van der Waals surface area contributed by atoms with E-state index in [0.29, 0.717) is 24.3 Å². The number of nitrogens with zero attached hydrogens (tertiary/aromatic N) is 1. The number of aromatic hydroxyl groups is 1. The van der Waals surface area contributed by atoms with Gasteiger partial charge in [0.2, 0.25) is 0 Å². The van der Waals surface area contributed by atoms with E-state index in [9.17, 15) is 14.7 Å². The number of likely N-dealkylation sites (N-methyl/N-ethyl adjacent to an activating group) is 1. The molecule has 0 spiro atoms. The molecule has 0 aliphatic carbocycles. The van der Waals surface area contributed by atoms with Gasteiger partial charge in [0.05, 0.1) is 0 Å². The molecule has 19 heavy (non-hydrogen) atoms. The maximum atomic E-state index is 11.6. The van der Waals surface area contributed by atoms with E-state index < -0.39 is 11.8 Å². The fraction of sp³-hybridized carbons (Fsp3) is 0.385. The number of carbonyl (C=O) groups is 2. The Morgan fingerprint density at radius 2 is 1.95 bits per heavy atom. The van der Waals surface area contributed by atoms with Gasteiger partial charge in [-0.05, 0) is 44.8 Å². The van der Waals surface area contributed by atoms with Gasteiger partial charge in [0.1, 0.15) is 5.75 Å². The van der Waals surface area contributed by atoms with Crippen LogP contribution in [0.3, 0.4) is 0 Å². The highest BCUT2D eigenvalue weighted by Crippen LogP contribution is 2.19. The van der Waals surface area contributed by atoms with E-state index in [1.807, 2.05) is 19.0 Å². The lowest BCUT2D eigenvalue weighted by atomic mass is 10.2. The van der Waals surface area contributed by atoms with Crippen molar-refractivity contribution in [1.82, 2.24) is 10.2 Å². The van der Waals surface area contributed by atoms with Crippen LogP contribution in [0.5, 0.6) is 5.75 Å². The minimum atomic E-state index is -0.715. The zero-order chi connectivity index (χ0) is 14.4. The number of nitrogens with one attached hydrogen (secondary N) is 2. The van der Waals surface area contributed by atoms with Gasteiger partial charge in [-0.2, -0.15) is 0 Å². The molecule has 0 saturated heterocycles. The van der Waals surface area contributed by atoms with Crippen molar-refractivity contribution in [3.63, 3.8) is 0 Å². The average Bonchev–Trinajstić information content (AvgIpc) is 2.32. The Bertz CT molecular complexity index is 472. The largest absolute Gasteiger partial charge is 0.508 e. The summed E-state index contributed by atoms with van der Waals surface area (Å²) >= 11 is 0. The van der Waals surface area contributed by atoms with E-state index in [1.165, 1.54) is 12.1 Å². The third-order valence-electron chi connectivity index (χ3n) is 2.51. The highest BCUT2D eigenvalue weighted by Gasteiger charge is 2.14. The number of hydrogen-bond acceptors (Lipinski definition) is 4. The Labute approximate surface area is 112 Å². The summed E-state index contributed by atoms with van der Waals surface area (Å²) in [6.07, 6.45) is 0. The Morgan fingerprint density at radius 1 is 1.26 bits per heavy atom. The van der Waals surface area contributed by atoms with Gasteiger partial charge in [-0.3, -0.25) is 9.59 Å². The predicted molar refractivity (Wildman–Crippen MR) is 73.0 cm³/mol. The molecule has 104 valence electrons. The summed E-state index contributed by atoms with van der Waals surface area (Å²) in [4.78, 5) is 25.0. The number of benzene rings is 1. The Morgan fingerprint density at radius 3 is 2.53 bits per heavy atom. The smallest absolute Gasteiger partial charge is 0.313 e. The van der Waals surface area contributed by atoms with Crippen LogP contribution in [0, 0.1) is 6.92 Å². The van der Waals surface area contributed by atoms with Gasteiger partial charge in [0.15, 0.2) is 0 Å². The molecule has 0 atom stereocenters. The number of amides is 2. The van der Waals surface area contributed by atoms with Crippen molar-refractivity contribution in [2.24, 2.45) is 0 Å². The number of hydrogen-bond donors (Lipinski definition) is 3. The summed E-state index contributed by atoms with van der Waals surface area (Å²) in [6.45, 7) is 2.81. The lowest BCUT2D eigenvalue weighted by molar-refractivity contribution is -0.136. The highest BCUT2D eigenvalue weighted by atomic mass is 16.3. The van der Waals surface area contributed by atoms with Crippen LogP contribution in [-0.4, -0.2) is 49.0 Å². The molecule has 2 amide bonds. The van der Waals surface area contributed by atoms with Crippen LogP contribution in [-0.2, 0) is 9.59 Å². The maximum Gasteiger partial charge on any atom is 0.313 e. The first-order valence-electron chi connectivity index (χ1n) is 5.93. The molecule has 1 aromatic rings. The van der Waals surface area contributed by atoms with Crippen LogP contribution in [0.4, 0.5) is 5.69 Å². The molecule has 1 rings (SSSR count). The first-order chi connectivity index (χ1) is 8.90. The van der Waals surface area contributed by atoms with Crippen LogP contribution in [0.1, 0.15) is 5.56 Å². The number of aryl methyl sites for hydroxylation is 1. The molecule has 0 heterocycles. The van der Waals surface area contributed by atoms with Gasteiger partial charge in [0.25, 0.3) is 0 Å². The Kier molecular flexibility index (Phi) is 5.32. The van der Waals surface area contributed by atoms with E-state index in [0.717, 1.165) is 0 Å². The molecule has 0 aliphatic rings. The van der Waals surface area contributed by atoms with E-state index in [2.05, 4.69) is 10.6 Å². The van der Waals surface area contributed by atoms with Crippen molar-refractivity contribution in [2.45, 2.75) is 6.92 Å². The molecule has 0 aliphatic heterocycles. The summed E-state index contributed by atoms with van der Waals surface area (Å²) in [7, 11) is 3.76. The molecule has 0 radical (unpaired) electrons. The topological polar surface area (TPSA) is 81.7 Å². The number of phenolic OH excluding ortho intramolecular Hbond substituents is 1. The lowest BCUT2D eigenvalue weighted by Crippen LogP contribution is -2.38. The average molecular weight is 265 g/mol. The van der Waals surface area contributed by atoms with Gasteiger partial charge in [-0.1, -0.05) is 0 Å². The second-order valence-corrected chi connectivity index (χ2v) is 4.51. The molecular weight excluding hydrogens is 246 g/mol. The number of carbonyl (C=O) groups excluding carboxylic acids is 2. The summed E-state index contributed by atoms with van der Waals surface area (Å²) in [5.41, 5.74) is 1.19. The minimum Gasteiger partial charge on any atom is -0.508 e. The normalized spacial score (nSPS) is 10.3. The third kappa shape index (κ3) is 4.97. The zero-order valence-corrected chi connectivity index (χ0v) is 11.4. The minimum absolute atomic E-state index is 0.117. The van der Waals surface area contributed by atoms with Crippen LogP contribution in [0.2, 0.25) is 0 Å². The van der Waals surface area contributed by atoms with Gasteiger partial charge in [-0.25, -0.2) is 0 Å². The van der Waals surface area contributed by atoms with Crippen LogP contribution < -0.4 is 10.6 Å². The molecule has 0 fully saturated rings. The Hall–Kier alpha value is -2.08. The van der Waals surface area contributed by atoms with Crippen molar-refractivity contribution >= 4 is 17.5 Å². The maximum absolute atomic E-state index is 11.6. The number of phenols is 1. The highest BCUT2D eigenvalue weighted by molar-refractivity contribution is 6.39. The fourth-order valence-corrected chi connectivity index (χ4v) is 1.44. The monoisotopic (exact) mass is 265 g/mol. The molecular formula is C13H19N3O3. The summed E-state index contributed by atoms with van der Waals surface area (Å²) < 4.78 is 0. The molecule has 0 saturated carbocycles. The first kappa shape index (κ1) is 15.0. The van der Waals surface area contributed by atoms with Gasteiger partial charge in [-0.15, -0.1) is 0 Å². The van der Waals surface area contributed by atoms with Crippen molar-refractivity contribution in [1.29, 1.82) is 0 Å². The van der Waals surface area contributed by atoms with Crippen LogP contribution in [0.15, 0.2) is 18.2 Å². The molecule has 1 aromatic carbocycles. The van der Waals surface area contributed by atoms with Crippen LogP contribution in [0.25, 0.3) is 0 Å². The molecule has 0 unspecified atom stereocenters. The molecule has 6 nitrogen and oxygen atoms in total. The van der Waals surface area contributed by atoms with Gasteiger partial charge < -0.3 is 20.6 Å². The second kappa shape index (κ2) is 6.75. The lowest BCUT2D eigenvalue weighted by Gasteiger charge is -2.11. The van der Waals surface area contributed by atoms with E-state index in [4.69, 9.17) is 0 Å². The fourth-order valence-electron chi connectivity index (χ4n) is 1.44. The van der Waals surface area contributed by atoms with E-state index in [-0.39, 0.29) is 5.75 Å². The molecule has 3 N–H and O–H groups in total. The standard InChI is InChI=1S/C13H19N3O3/c1-9-8-10(17)4-5-11(9)15-13(19)12(18)14-6-7-16(2)3/h4-5,8,17H,6-7H2,1-3H3,(H,14,18)(H,15,19). The van der Waals surface area contributed by atoms with E-state index in [1.54, 1.807) is 13.0 Å². The number of anilines is 1. The van der Waals surface area contributed by atoms with Gasteiger partial charge >= 0.3 is 11.8 Å². The summed E-state index contributed by atoms with van der Waals surface area (Å²) in [6, 6.07) is 4.52. The van der Waals surface area contributed by atoms with E-state index >= 15 is 0 Å². The van der Waals surface area contributed by atoms with Crippen molar-refractivity contribution in [2.75, 3.05) is 32.5 Å².